The molecule has 108 valence electrons. The van der Waals surface area contributed by atoms with Crippen LogP contribution in [0.3, 0.4) is 0 Å². The summed E-state index contributed by atoms with van der Waals surface area (Å²) >= 11 is 0. The van der Waals surface area contributed by atoms with E-state index in [4.69, 9.17) is 0 Å². The number of aryl methyl sites for hydroxylation is 1. The molecule has 2 N–H and O–H groups in total. The van der Waals surface area contributed by atoms with Crippen LogP contribution >= 0.6 is 0 Å². The first-order chi connectivity index (χ1) is 8.81. The number of hydrogen-bond donors (Lipinski definition) is 2. The Kier molecular flexibility index (Phi) is 3.88. The molecule has 19 heavy (non-hydrogen) atoms. The quantitative estimate of drug-likeness (QED) is 0.816. The fourth-order valence-electron chi connectivity index (χ4n) is 1.97. The topological polar surface area (TPSA) is 76.0 Å². The van der Waals surface area contributed by atoms with Crippen molar-refractivity contribution in [2.24, 2.45) is 13.0 Å². The first-order valence-electron chi connectivity index (χ1n) is 5.88. The lowest BCUT2D eigenvalue weighted by molar-refractivity contribution is -0.0703. The molecule has 1 aliphatic heterocycles. The van der Waals surface area contributed by atoms with Crippen LogP contribution in [0.2, 0.25) is 0 Å². The molecule has 0 spiro atoms. The maximum Gasteiger partial charge on any atom is 0.264 e. The van der Waals surface area contributed by atoms with Gasteiger partial charge in [0.2, 0.25) is 10.0 Å². The van der Waals surface area contributed by atoms with Gasteiger partial charge in [0.1, 0.15) is 4.90 Å². The van der Waals surface area contributed by atoms with E-state index in [1.807, 2.05) is 0 Å². The van der Waals surface area contributed by atoms with Gasteiger partial charge in [-0.05, 0) is 13.0 Å². The number of piperidine rings is 1. The van der Waals surface area contributed by atoms with Crippen LogP contribution in [0.5, 0.6) is 0 Å². The highest BCUT2D eigenvalue weighted by Gasteiger charge is 2.41. The van der Waals surface area contributed by atoms with Crippen LogP contribution < -0.4 is 10.0 Å². The summed E-state index contributed by atoms with van der Waals surface area (Å²) in [6, 6.07) is 0. The van der Waals surface area contributed by atoms with Crippen molar-refractivity contribution in [3.63, 3.8) is 0 Å². The Bertz CT molecular complexity index is 543. The summed E-state index contributed by atoms with van der Waals surface area (Å²) in [6.45, 7) is -0.215. The third kappa shape index (κ3) is 3.28. The summed E-state index contributed by atoms with van der Waals surface area (Å²) in [7, 11) is -2.19. The van der Waals surface area contributed by atoms with Crippen molar-refractivity contribution >= 4 is 10.0 Å². The summed E-state index contributed by atoms with van der Waals surface area (Å²) in [5.41, 5.74) is 0. The highest BCUT2D eigenvalue weighted by atomic mass is 32.2. The van der Waals surface area contributed by atoms with E-state index >= 15 is 0 Å². The zero-order valence-electron chi connectivity index (χ0n) is 10.4. The van der Waals surface area contributed by atoms with E-state index < -0.39 is 28.4 Å². The van der Waals surface area contributed by atoms with Gasteiger partial charge in [0, 0.05) is 25.7 Å². The maximum atomic E-state index is 13.5. The minimum atomic E-state index is -3.78. The Morgan fingerprint density at radius 3 is 2.95 bits per heavy atom. The van der Waals surface area contributed by atoms with E-state index in [2.05, 4.69) is 15.1 Å². The maximum absolute atomic E-state index is 13.5. The third-order valence-electron chi connectivity index (χ3n) is 3.14. The van der Waals surface area contributed by atoms with Crippen LogP contribution in [0.25, 0.3) is 0 Å². The molecule has 0 radical (unpaired) electrons. The van der Waals surface area contributed by atoms with Gasteiger partial charge >= 0.3 is 0 Å². The molecule has 2 heterocycles. The summed E-state index contributed by atoms with van der Waals surface area (Å²) in [5.74, 6) is -3.88. The van der Waals surface area contributed by atoms with E-state index in [-0.39, 0.29) is 17.9 Å². The van der Waals surface area contributed by atoms with Gasteiger partial charge in [-0.3, -0.25) is 4.68 Å². The number of sulfonamides is 1. The molecule has 1 aromatic rings. The monoisotopic (exact) mass is 294 g/mol. The fourth-order valence-corrected chi connectivity index (χ4v) is 3.03. The van der Waals surface area contributed by atoms with Gasteiger partial charge in [-0.2, -0.15) is 5.10 Å². The van der Waals surface area contributed by atoms with Crippen molar-refractivity contribution < 1.29 is 17.2 Å². The first-order valence-corrected chi connectivity index (χ1v) is 7.36. The molecule has 6 nitrogen and oxygen atoms in total. The second-order valence-corrected chi connectivity index (χ2v) is 6.39. The summed E-state index contributed by atoms with van der Waals surface area (Å²) in [5, 5.41) is 6.34. The minimum absolute atomic E-state index is 0.0211. The molecule has 1 atom stereocenters. The van der Waals surface area contributed by atoms with Crippen molar-refractivity contribution in [2.45, 2.75) is 17.2 Å². The van der Waals surface area contributed by atoms with Gasteiger partial charge < -0.3 is 5.32 Å². The molecule has 0 amide bonds. The van der Waals surface area contributed by atoms with Gasteiger partial charge in [-0.25, -0.2) is 21.9 Å². The summed E-state index contributed by atoms with van der Waals surface area (Å²) in [6.07, 6.45) is 2.74. The highest BCUT2D eigenvalue weighted by molar-refractivity contribution is 7.89. The Labute approximate surface area is 110 Å². The molecule has 1 aliphatic rings. The first kappa shape index (κ1) is 14.4. The number of nitrogens with one attached hydrogen (secondary N) is 2. The lowest BCUT2D eigenvalue weighted by atomic mass is 9.94. The van der Waals surface area contributed by atoms with Crippen LogP contribution in [0, 0.1) is 5.92 Å². The number of halogens is 2. The van der Waals surface area contributed by atoms with Gasteiger partial charge in [-0.15, -0.1) is 0 Å². The average molecular weight is 294 g/mol. The Balaban J connectivity index is 2.02. The summed E-state index contributed by atoms with van der Waals surface area (Å²) in [4.78, 5) is -0.0211. The van der Waals surface area contributed by atoms with E-state index in [9.17, 15) is 17.2 Å². The molecule has 9 heteroatoms. The minimum Gasteiger partial charge on any atom is -0.311 e. The van der Waals surface area contributed by atoms with Crippen LogP contribution in [0.15, 0.2) is 17.3 Å². The molecule has 1 unspecified atom stereocenters. The molecule has 1 fully saturated rings. The van der Waals surface area contributed by atoms with Crippen molar-refractivity contribution in [1.82, 2.24) is 19.8 Å². The fraction of sp³-hybridized carbons (Fsp3) is 0.700. The van der Waals surface area contributed by atoms with Crippen molar-refractivity contribution in [2.75, 3.05) is 19.6 Å². The molecule has 0 bridgehead atoms. The molecule has 0 aliphatic carbocycles. The van der Waals surface area contributed by atoms with E-state index in [1.165, 1.54) is 17.1 Å². The lowest BCUT2D eigenvalue weighted by Gasteiger charge is -2.31. The summed E-state index contributed by atoms with van der Waals surface area (Å²) < 4.78 is 54.4. The zero-order valence-corrected chi connectivity index (χ0v) is 11.3. The van der Waals surface area contributed by atoms with Gasteiger partial charge in [0.05, 0.1) is 12.7 Å². The molecule has 0 aromatic carbocycles. The Morgan fingerprint density at radius 1 is 1.63 bits per heavy atom. The molecule has 2 rings (SSSR count). The van der Waals surface area contributed by atoms with E-state index in [0.717, 1.165) is 0 Å². The Hall–Kier alpha value is -1.06. The molecule has 1 aromatic heterocycles. The smallest absolute Gasteiger partial charge is 0.264 e. The standard InChI is InChI=1S/C10H16F2N4O2S/c1-16-6-9(5-14-16)19(17,18)15-4-8-2-3-13-7-10(8,11)12/h5-6,8,13,15H,2-4,7H2,1H3. The van der Waals surface area contributed by atoms with Gasteiger partial charge in [0.15, 0.2) is 0 Å². The Morgan fingerprint density at radius 2 is 2.37 bits per heavy atom. The number of rotatable bonds is 4. The van der Waals surface area contributed by atoms with Crippen LogP contribution in [0.1, 0.15) is 6.42 Å². The number of alkyl halides is 2. The lowest BCUT2D eigenvalue weighted by Crippen LogP contribution is -2.50. The molecular formula is C10H16F2N4O2S. The number of hydrogen-bond acceptors (Lipinski definition) is 4. The number of nitrogens with zero attached hydrogens (tertiary/aromatic N) is 2. The van der Waals surface area contributed by atoms with Crippen LogP contribution in [0.4, 0.5) is 8.78 Å². The highest BCUT2D eigenvalue weighted by Crippen LogP contribution is 2.29. The molecule has 0 saturated carbocycles. The second kappa shape index (κ2) is 5.14. The van der Waals surface area contributed by atoms with Gasteiger partial charge in [-0.1, -0.05) is 0 Å². The SMILES string of the molecule is Cn1cc(S(=O)(=O)NCC2CCNCC2(F)F)cn1. The van der Waals surface area contributed by atoms with Crippen molar-refractivity contribution in [3.8, 4) is 0 Å². The van der Waals surface area contributed by atoms with Crippen molar-refractivity contribution in [3.05, 3.63) is 12.4 Å². The van der Waals surface area contributed by atoms with Gasteiger partial charge in [0.25, 0.3) is 5.92 Å². The van der Waals surface area contributed by atoms with Crippen molar-refractivity contribution in [1.29, 1.82) is 0 Å². The van der Waals surface area contributed by atoms with Crippen LogP contribution in [-0.4, -0.2) is 43.8 Å². The van der Waals surface area contributed by atoms with E-state index in [0.29, 0.717) is 6.54 Å². The number of aromatic nitrogens is 2. The molecule has 1 saturated heterocycles. The van der Waals surface area contributed by atoms with E-state index in [1.54, 1.807) is 7.05 Å². The largest absolute Gasteiger partial charge is 0.311 e. The van der Waals surface area contributed by atoms with Crippen LogP contribution in [-0.2, 0) is 17.1 Å². The predicted octanol–water partition coefficient (Wildman–Crippen LogP) is -0.0568. The zero-order chi connectivity index (χ0) is 14.1. The normalized spacial score (nSPS) is 23.4. The second-order valence-electron chi connectivity index (χ2n) is 4.63. The average Bonchev–Trinajstić information content (AvgIpc) is 2.75. The predicted molar refractivity (Wildman–Crippen MR) is 64.3 cm³/mol. The molecular weight excluding hydrogens is 278 g/mol. The third-order valence-corrected chi connectivity index (χ3v) is 4.52.